The highest BCUT2D eigenvalue weighted by Crippen LogP contribution is 2.38. The van der Waals surface area contributed by atoms with Crippen LogP contribution in [0.1, 0.15) is 17.2 Å². The zero-order valence-corrected chi connectivity index (χ0v) is 7.60. The number of rotatable bonds is 1. The van der Waals surface area contributed by atoms with Crippen LogP contribution in [0.3, 0.4) is 0 Å². The van der Waals surface area contributed by atoms with Gasteiger partial charge in [-0.25, -0.2) is 0 Å². The standard InChI is InChI=1S/C8H6F6N2/c9-7(10,11)5-1-2-16-3-4(5)6(15)8(12,13)14/h1-3,6H,15H2. The normalized spacial score (nSPS) is 14.9. The van der Waals surface area contributed by atoms with Gasteiger partial charge in [-0.15, -0.1) is 0 Å². The van der Waals surface area contributed by atoms with Gasteiger partial charge in [0.05, 0.1) is 5.56 Å². The molecule has 1 rings (SSSR count). The van der Waals surface area contributed by atoms with E-state index in [4.69, 9.17) is 5.73 Å². The van der Waals surface area contributed by atoms with Crippen molar-refractivity contribution >= 4 is 0 Å². The third-order valence-electron chi connectivity index (χ3n) is 1.84. The molecule has 0 spiro atoms. The highest BCUT2D eigenvalue weighted by Gasteiger charge is 2.43. The molecular weight excluding hydrogens is 238 g/mol. The highest BCUT2D eigenvalue weighted by molar-refractivity contribution is 5.29. The van der Waals surface area contributed by atoms with Gasteiger partial charge in [0.2, 0.25) is 0 Å². The minimum Gasteiger partial charge on any atom is -0.316 e. The Kier molecular flexibility index (Phi) is 3.13. The average molecular weight is 244 g/mol. The first kappa shape index (κ1) is 12.8. The Bertz CT molecular complexity index is 370. The molecule has 1 atom stereocenters. The summed E-state index contributed by atoms with van der Waals surface area (Å²) < 4.78 is 73.6. The molecule has 0 radical (unpaired) electrons. The number of hydrogen-bond donors (Lipinski definition) is 1. The van der Waals surface area contributed by atoms with Gasteiger partial charge in [-0.3, -0.25) is 4.98 Å². The summed E-state index contributed by atoms with van der Waals surface area (Å²) in [7, 11) is 0. The van der Waals surface area contributed by atoms with Crippen LogP contribution in [0.2, 0.25) is 0 Å². The Morgan fingerprint density at radius 3 is 2.12 bits per heavy atom. The molecule has 8 heteroatoms. The molecule has 0 aliphatic heterocycles. The van der Waals surface area contributed by atoms with Gasteiger partial charge in [-0.2, -0.15) is 26.3 Å². The van der Waals surface area contributed by atoms with E-state index in [0.29, 0.717) is 12.3 Å². The number of halogens is 6. The molecule has 0 aliphatic rings. The second-order valence-electron chi connectivity index (χ2n) is 2.98. The SMILES string of the molecule is NC(c1cnccc1C(F)(F)F)C(F)(F)F. The quantitative estimate of drug-likeness (QED) is 0.771. The maximum absolute atomic E-state index is 12.3. The molecule has 1 unspecified atom stereocenters. The van der Waals surface area contributed by atoms with Crippen LogP contribution < -0.4 is 5.73 Å². The van der Waals surface area contributed by atoms with Gasteiger partial charge in [0.25, 0.3) is 0 Å². The predicted molar refractivity (Wildman–Crippen MR) is 42.2 cm³/mol. The maximum atomic E-state index is 12.3. The maximum Gasteiger partial charge on any atom is 0.416 e. The van der Waals surface area contributed by atoms with Gasteiger partial charge in [0, 0.05) is 18.0 Å². The fourth-order valence-electron chi connectivity index (χ4n) is 1.09. The molecule has 2 N–H and O–H groups in total. The molecule has 0 bridgehead atoms. The summed E-state index contributed by atoms with van der Waals surface area (Å²) in [6.07, 6.45) is -8.60. The van der Waals surface area contributed by atoms with E-state index in [1.165, 1.54) is 0 Å². The van der Waals surface area contributed by atoms with Gasteiger partial charge in [0.1, 0.15) is 6.04 Å². The first-order valence-electron chi connectivity index (χ1n) is 3.97. The largest absolute Gasteiger partial charge is 0.416 e. The van der Waals surface area contributed by atoms with Crippen LogP contribution in [-0.4, -0.2) is 11.2 Å². The lowest BCUT2D eigenvalue weighted by atomic mass is 10.0. The molecule has 0 amide bonds. The molecule has 2 nitrogen and oxygen atoms in total. The first-order chi connectivity index (χ1) is 7.14. The molecule has 1 aromatic rings. The summed E-state index contributed by atoms with van der Waals surface area (Å²) in [5.41, 5.74) is 2.20. The van der Waals surface area contributed by atoms with Crippen molar-refractivity contribution in [1.29, 1.82) is 0 Å². The molecule has 1 heterocycles. The molecule has 90 valence electrons. The summed E-state index contributed by atoms with van der Waals surface area (Å²) in [6.45, 7) is 0. The van der Waals surface area contributed by atoms with Crippen molar-refractivity contribution in [3.8, 4) is 0 Å². The average Bonchev–Trinajstić information content (AvgIpc) is 2.14. The number of aromatic nitrogens is 1. The fraction of sp³-hybridized carbons (Fsp3) is 0.375. The monoisotopic (exact) mass is 244 g/mol. The lowest BCUT2D eigenvalue weighted by molar-refractivity contribution is -0.155. The van der Waals surface area contributed by atoms with Crippen LogP contribution >= 0.6 is 0 Å². The summed E-state index contributed by atoms with van der Waals surface area (Å²) in [6, 6.07) is -2.24. The van der Waals surface area contributed by atoms with Crippen molar-refractivity contribution in [2.75, 3.05) is 0 Å². The van der Waals surface area contributed by atoms with E-state index in [1.807, 2.05) is 0 Å². The molecule has 16 heavy (non-hydrogen) atoms. The number of nitrogens with zero attached hydrogens (tertiary/aromatic N) is 1. The highest BCUT2D eigenvalue weighted by atomic mass is 19.4. The van der Waals surface area contributed by atoms with Crippen molar-refractivity contribution in [2.45, 2.75) is 18.4 Å². The Morgan fingerprint density at radius 1 is 1.12 bits per heavy atom. The number of hydrogen-bond acceptors (Lipinski definition) is 2. The van der Waals surface area contributed by atoms with Crippen LogP contribution in [-0.2, 0) is 6.18 Å². The summed E-state index contributed by atoms with van der Waals surface area (Å²) in [5, 5.41) is 0. The second-order valence-corrected chi connectivity index (χ2v) is 2.98. The molecular formula is C8H6F6N2. The molecule has 0 fully saturated rings. The summed E-state index contributed by atoms with van der Waals surface area (Å²) in [4.78, 5) is 3.21. The lowest BCUT2D eigenvalue weighted by Gasteiger charge is -2.19. The predicted octanol–water partition coefficient (Wildman–Crippen LogP) is 2.66. The first-order valence-corrected chi connectivity index (χ1v) is 3.97. The van der Waals surface area contributed by atoms with Gasteiger partial charge >= 0.3 is 12.4 Å². The number of nitrogens with two attached hydrogens (primary N) is 1. The van der Waals surface area contributed by atoms with Crippen LogP contribution in [0.4, 0.5) is 26.3 Å². The molecule has 1 aromatic heterocycles. The van der Waals surface area contributed by atoms with E-state index >= 15 is 0 Å². The van der Waals surface area contributed by atoms with Crippen LogP contribution in [0, 0.1) is 0 Å². The van der Waals surface area contributed by atoms with Crippen molar-refractivity contribution in [3.63, 3.8) is 0 Å². The van der Waals surface area contributed by atoms with Crippen molar-refractivity contribution in [3.05, 3.63) is 29.6 Å². The molecule has 0 saturated heterocycles. The van der Waals surface area contributed by atoms with Crippen molar-refractivity contribution in [1.82, 2.24) is 4.98 Å². The van der Waals surface area contributed by atoms with Crippen molar-refractivity contribution < 1.29 is 26.3 Å². The van der Waals surface area contributed by atoms with E-state index in [2.05, 4.69) is 4.98 Å². The number of alkyl halides is 6. The summed E-state index contributed by atoms with van der Waals surface area (Å²) in [5.74, 6) is 0. The minimum absolute atomic E-state index is 0.459. The fourth-order valence-corrected chi connectivity index (χ4v) is 1.09. The topological polar surface area (TPSA) is 38.9 Å². The Balaban J connectivity index is 3.25. The van der Waals surface area contributed by atoms with E-state index in [-0.39, 0.29) is 0 Å². The van der Waals surface area contributed by atoms with Gasteiger partial charge in [-0.1, -0.05) is 0 Å². The number of pyridine rings is 1. The zero-order valence-electron chi connectivity index (χ0n) is 7.60. The Morgan fingerprint density at radius 2 is 1.69 bits per heavy atom. The van der Waals surface area contributed by atoms with Gasteiger partial charge < -0.3 is 5.73 Å². The van der Waals surface area contributed by atoms with E-state index < -0.39 is 29.5 Å². The minimum atomic E-state index is -4.94. The Labute approximate surface area is 86.1 Å². The van der Waals surface area contributed by atoms with E-state index in [1.54, 1.807) is 0 Å². The molecule has 0 saturated carbocycles. The second kappa shape index (κ2) is 3.93. The van der Waals surface area contributed by atoms with Crippen LogP contribution in [0.5, 0.6) is 0 Å². The van der Waals surface area contributed by atoms with Crippen LogP contribution in [0.25, 0.3) is 0 Å². The Hall–Kier alpha value is -1.31. The van der Waals surface area contributed by atoms with Gasteiger partial charge in [-0.05, 0) is 6.07 Å². The summed E-state index contributed by atoms with van der Waals surface area (Å²) >= 11 is 0. The van der Waals surface area contributed by atoms with E-state index in [0.717, 1.165) is 6.20 Å². The van der Waals surface area contributed by atoms with Crippen LogP contribution in [0.15, 0.2) is 18.5 Å². The zero-order chi connectivity index (χ0) is 12.6. The van der Waals surface area contributed by atoms with Crippen molar-refractivity contribution in [2.24, 2.45) is 5.73 Å². The molecule has 0 aromatic carbocycles. The third-order valence-corrected chi connectivity index (χ3v) is 1.84. The molecule has 0 aliphatic carbocycles. The third kappa shape index (κ3) is 2.63. The smallest absolute Gasteiger partial charge is 0.316 e. The van der Waals surface area contributed by atoms with Gasteiger partial charge in [0.15, 0.2) is 0 Å². The lowest BCUT2D eigenvalue weighted by Crippen LogP contribution is -2.30. The van der Waals surface area contributed by atoms with E-state index in [9.17, 15) is 26.3 Å².